The monoisotopic (exact) mass is 239 g/mol. The number of nitrogens with one attached hydrogen (secondary N) is 1. The Morgan fingerprint density at radius 3 is 2.50 bits per heavy atom. The van der Waals surface area contributed by atoms with Crippen molar-refractivity contribution in [1.29, 1.82) is 5.41 Å². The molecule has 0 bridgehead atoms. The highest BCUT2D eigenvalue weighted by Gasteiger charge is 2.06. The van der Waals surface area contributed by atoms with Crippen LogP contribution in [-0.4, -0.2) is 13.0 Å². The molecule has 0 aromatic heterocycles. The van der Waals surface area contributed by atoms with E-state index >= 15 is 0 Å². The van der Waals surface area contributed by atoms with E-state index in [9.17, 15) is 0 Å². The van der Waals surface area contributed by atoms with Gasteiger partial charge in [0.25, 0.3) is 0 Å². The number of aryl methyl sites for hydroxylation is 1. The summed E-state index contributed by atoms with van der Waals surface area (Å²) in [6.45, 7) is 4.23. The predicted octanol–water partition coefficient (Wildman–Crippen LogP) is 3.94. The fourth-order valence-electron chi connectivity index (χ4n) is 2.01. The molecule has 2 heteroatoms. The second kappa shape index (κ2) is 5.05. The molecule has 2 nitrogen and oxygen atoms in total. The van der Waals surface area contributed by atoms with E-state index in [-0.39, 0.29) is 5.90 Å². The van der Waals surface area contributed by atoms with Crippen molar-refractivity contribution >= 4 is 5.90 Å². The third kappa shape index (κ3) is 2.28. The fourth-order valence-corrected chi connectivity index (χ4v) is 2.01. The van der Waals surface area contributed by atoms with E-state index in [4.69, 9.17) is 10.1 Å². The van der Waals surface area contributed by atoms with Gasteiger partial charge in [-0.1, -0.05) is 30.3 Å². The SMILES string of the molecule is COC(=N)c1cccc(-c2cccc(C)c2C)c1. The summed E-state index contributed by atoms with van der Waals surface area (Å²) in [5.74, 6) is 0.196. The lowest BCUT2D eigenvalue weighted by Crippen LogP contribution is -2.01. The van der Waals surface area contributed by atoms with Gasteiger partial charge in [-0.3, -0.25) is 5.41 Å². The van der Waals surface area contributed by atoms with Gasteiger partial charge in [0.15, 0.2) is 0 Å². The third-order valence-electron chi connectivity index (χ3n) is 3.24. The summed E-state index contributed by atoms with van der Waals surface area (Å²) in [4.78, 5) is 0. The topological polar surface area (TPSA) is 33.1 Å². The van der Waals surface area contributed by atoms with Crippen molar-refractivity contribution in [3.05, 3.63) is 59.2 Å². The molecule has 0 saturated heterocycles. The largest absolute Gasteiger partial charge is 0.481 e. The highest BCUT2D eigenvalue weighted by molar-refractivity contribution is 5.93. The fraction of sp³-hybridized carbons (Fsp3) is 0.188. The Kier molecular flexibility index (Phi) is 3.47. The van der Waals surface area contributed by atoms with E-state index in [1.54, 1.807) is 0 Å². The minimum Gasteiger partial charge on any atom is -0.481 e. The Morgan fingerprint density at radius 1 is 1.06 bits per heavy atom. The van der Waals surface area contributed by atoms with Crippen molar-refractivity contribution in [3.8, 4) is 11.1 Å². The van der Waals surface area contributed by atoms with Crippen LogP contribution in [0.3, 0.4) is 0 Å². The van der Waals surface area contributed by atoms with Gasteiger partial charge in [0.2, 0.25) is 5.90 Å². The molecule has 0 aliphatic rings. The molecule has 0 spiro atoms. The lowest BCUT2D eigenvalue weighted by molar-refractivity contribution is 0.401. The summed E-state index contributed by atoms with van der Waals surface area (Å²) in [6, 6.07) is 14.2. The Morgan fingerprint density at radius 2 is 1.78 bits per heavy atom. The van der Waals surface area contributed by atoms with Gasteiger partial charge >= 0.3 is 0 Å². The summed E-state index contributed by atoms with van der Waals surface area (Å²) >= 11 is 0. The highest BCUT2D eigenvalue weighted by atomic mass is 16.5. The van der Waals surface area contributed by atoms with Crippen molar-refractivity contribution in [2.24, 2.45) is 0 Å². The second-order valence-corrected chi connectivity index (χ2v) is 4.36. The molecule has 2 aromatic carbocycles. The first kappa shape index (κ1) is 12.4. The number of hydrogen-bond acceptors (Lipinski definition) is 2. The van der Waals surface area contributed by atoms with Gasteiger partial charge < -0.3 is 4.74 Å². The maximum absolute atomic E-state index is 7.71. The van der Waals surface area contributed by atoms with Gasteiger partial charge in [-0.2, -0.15) is 0 Å². The van der Waals surface area contributed by atoms with E-state index in [2.05, 4.69) is 38.1 Å². The summed E-state index contributed by atoms with van der Waals surface area (Å²) in [6.07, 6.45) is 0. The molecule has 0 radical (unpaired) electrons. The van der Waals surface area contributed by atoms with E-state index in [0.717, 1.165) is 11.1 Å². The van der Waals surface area contributed by atoms with Gasteiger partial charge in [-0.05, 0) is 48.2 Å². The van der Waals surface area contributed by atoms with Gasteiger partial charge in [-0.25, -0.2) is 0 Å². The molecule has 18 heavy (non-hydrogen) atoms. The second-order valence-electron chi connectivity index (χ2n) is 4.36. The molecule has 2 aromatic rings. The molecule has 0 fully saturated rings. The zero-order chi connectivity index (χ0) is 13.1. The van der Waals surface area contributed by atoms with Gasteiger partial charge in [-0.15, -0.1) is 0 Å². The first-order valence-electron chi connectivity index (χ1n) is 5.93. The molecule has 0 heterocycles. The lowest BCUT2D eigenvalue weighted by atomic mass is 9.96. The molecule has 0 aliphatic carbocycles. The lowest BCUT2D eigenvalue weighted by Gasteiger charge is -2.10. The van der Waals surface area contributed by atoms with Crippen LogP contribution in [0.2, 0.25) is 0 Å². The van der Waals surface area contributed by atoms with Crippen molar-refractivity contribution in [2.45, 2.75) is 13.8 Å². The maximum Gasteiger partial charge on any atom is 0.212 e. The van der Waals surface area contributed by atoms with Crippen LogP contribution in [0.5, 0.6) is 0 Å². The maximum atomic E-state index is 7.71. The smallest absolute Gasteiger partial charge is 0.212 e. The number of benzene rings is 2. The Hall–Kier alpha value is -2.09. The molecule has 0 saturated carbocycles. The van der Waals surface area contributed by atoms with E-state index < -0.39 is 0 Å². The van der Waals surface area contributed by atoms with Crippen molar-refractivity contribution in [3.63, 3.8) is 0 Å². The molecule has 0 amide bonds. The van der Waals surface area contributed by atoms with Crippen LogP contribution in [0.4, 0.5) is 0 Å². The number of ether oxygens (including phenoxy) is 1. The number of methoxy groups -OCH3 is 1. The first-order chi connectivity index (χ1) is 8.63. The predicted molar refractivity (Wildman–Crippen MR) is 75.2 cm³/mol. The molecule has 0 aliphatic heterocycles. The van der Waals surface area contributed by atoms with Crippen molar-refractivity contribution < 1.29 is 4.74 Å². The van der Waals surface area contributed by atoms with E-state index in [1.807, 2.05) is 18.2 Å². The van der Waals surface area contributed by atoms with Crippen LogP contribution in [0.25, 0.3) is 11.1 Å². The highest BCUT2D eigenvalue weighted by Crippen LogP contribution is 2.26. The molecular weight excluding hydrogens is 222 g/mol. The quantitative estimate of drug-likeness (QED) is 0.625. The third-order valence-corrected chi connectivity index (χ3v) is 3.24. The summed E-state index contributed by atoms with van der Waals surface area (Å²) < 4.78 is 4.96. The minimum atomic E-state index is 0.196. The van der Waals surface area contributed by atoms with Gasteiger partial charge in [0.1, 0.15) is 0 Å². The summed E-state index contributed by atoms with van der Waals surface area (Å²) in [5.41, 5.74) is 5.69. The standard InChI is InChI=1S/C16H17NO/c1-11-6-4-9-15(12(11)2)13-7-5-8-14(10-13)16(17)18-3/h4-10,17H,1-3H3. The van der Waals surface area contributed by atoms with Crippen LogP contribution < -0.4 is 0 Å². The van der Waals surface area contributed by atoms with E-state index in [0.29, 0.717) is 0 Å². The van der Waals surface area contributed by atoms with Gasteiger partial charge in [0.05, 0.1) is 7.11 Å². The zero-order valence-corrected chi connectivity index (χ0v) is 10.9. The molecule has 2 rings (SSSR count). The van der Waals surface area contributed by atoms with E-state index in [1.165, 1.54) is 23.8 Å². The Bertz CT molecular complexity index is 587. The average Bonchev–Trinajstić information content (AvgIpc) is 2.41. The van der Waals surface area contributed by atoms with Gasteiger partial charge in [0, 0.05) is 5.56 Å². The van der Waals surface area contributed by atoms with Crippen molar-refractivity contribution in [1.82, 2.24) is 0 Å². The zero-order valence-electron chi connectivity index (χ0n) is 10.9. The van der Waals surface area contributed by atoms with Crippen LogP contribution in [0.1, 0.15) is 16.7 Å². The van der Waals surface area contributed by atoms with Crippen LogP contribution in [0.15, 0.2) is 42.5 Å². The van der Waals surface area contributed by atoms with Crippen LogP contribution in [0, 0.1) is 19.3 Å². The summed E-state index contributed by atoms with van der Waals surface area (Å²) in [7, 11) is 1.52. The first-order valence-corrected chi connectivity index (χ1v) is 5.93. The normalized spacial score (nSPS) is 10.2. The molecule has 1 N–H and O–H groups in total. The average molecular weight is 239 g/mol. The summed E-state index contributed by atoms with van der Waals surface area (Å²) in [5, 5.41) is 7.71. The molecule has 92 valence electrons. The molecule has 0 unspecified atom stereocenters. The Balaban J connectivity index is 2.51. The van der Waals surface area contributed by atoms with Crippen molar-refractivity contribution in [2.75, 3.05) is 7.11 Å². The molecular formula is C16H17NO. The Labute approximate surface area is 108 Å². The molecule has 0 atom stereocenters. The minimum absolute atomic E-state index is 0.196. The number of rotatable bonds is 2. The van der Waals surface area contributed by atoms with Crippen LogP contribution >= 0.6 is 0 Å². The van der Waals surface area contributed by atoms with Crippen LogP contribution in [-0.2, 0) is 4.74 Å². The number of hydrogen-bond donors (Lipinski definition) is 1.